The Bertz CT molecular complexity index is 1260. The molecule has 160 valence electrons. The van der Waals surface area contributed by atoms with Gasteiger partial charge < -0.3 is 15.0 Å². The summed E-state index contributed by atoms with van der Waals surface area (Å²) in [6.07, 6.45) is 2.51. The minimum Gasteiger partial charge on any atom is -0.486 e. The van der Waals surface area contributed by atoms with Crippen LogP contribution >= 0.6 is 11.6 Å². The number of hydrogen-bond acceptors (Lipinski definition) is 5. The average Bonchev–Trinajstić information content (AvgIpc) is 3.05. The van der Waals surface area contributed by atoms with E-state index in [4.69, 9.17) is 16.3 Å². The standard InChI is InChI=1S/C21H18ClFN4O4/c22-13-2-1-12(5-14(13)23)31-7-11(28)6-20-8-21(9-20,10-20)27-18(29)16-4-3-15-17(24-16)26-19(30)25-15/h1-5H,6-10H2,(H,27,29)(H2,24,25,26,30). The van der Waals surface area contributed by atoms with Crippen molar-refractivity contribution in [2.24, 2.45) is 5.41 Å². The number of fused-ring (bicyclic) bond motifs is 1. The Morgan fingerprint density at radius 3 is 2.71 bits per heavy atom. The van der Waals surface area contributed by atoms with Crippen LogP contribution in [0.15, 0.2) is 35.1 Å². The summed E-state index contributed by atoms with van der Waals surface area (Å²) < 4.78 is 18.8. The van der Waals surface area contributed by atoms with Gasteiger partial charge in [-0.1, -0.05) is 11.6 Å². The van der Waals surface area contributed by atoms with Crippen molar-refractivity contribution >= 4 is 34.5 Å². The number of hydrogen-bond donors (Lipinski definition) is 3. The summed E-state index contributed by atoms with van der Waals surface area (Å²) in [4.78, 5) is 45.5. The molecule has 2 aromatic heterocycles. The molecule has 3 aliphatic rings. The van der Waals surface area contributed by atoms with Crippen molar-refractivity contribution in [3.8, 4) is 5.75 Å². The number of H-pyrrole nitrogens is 2. The van der Waals surface area contributed by atoms with E-state index in [1.54, 1.807) is 12.1 Å². The molecule has 31 heavy (non-hydrogen) atoms. The Labute approximate surface area is 180 Å². The average molecular weight is 445 g/mol. The van der Waals surface area contributed by atoms with Crippen LogP contribution in [-0.2, 0) is 4.79 Å². The second kappa shape index (κ2) is 6.91. The summed E-state index contributed by atoms with van der Waals surface area (Å²) in [5.74, 6) is -0.722. The van der Waals surface area contributed by atoms with Crippen LogP contribution < -0.4 is 15.7 Å². The molecule has 2 heterocycles. The second-order valence-electron chi connectivity index (χ2n) is 8.52. The number of halogens is 2. The van der Waals surface area contributed by atoms with Gasteiger partial charge in [0.15, 0.2) is 11.4 Å². The van der Waals surface area contributed by atoms with E-state index in [9.17, 15) is 18.8 Å². The van der Waals surface area contributed by atoms with E-state index < -0.39 is 5.82 Å². The Balaban J connectivity index is 1.12. The lowest BCUT2D eigenvalue weighted by molar-refractivity contribution is -0.162. The van der Waals surface area contributed by atoms with Crippen LogP contribution in [0.25, 0.3) is 11.2 Å². The Morgan fingerprint density at radius 1 is 1.19 bits per heavy atom. The number of carbonyl (C=O) groups is 2. The molecule has 0 unspecified atom stereocenters. The van der Waals surface area contributed by atoms with Crippen molar-refractivity contribution in [3.63, 3.8) is 0 Å². The first-order valence-electron chi connectivity index (χ1n) is 9.76. The monoisotopic (exact) mass is 444 g/mol. The topological polar surface area (TPSA) is 117 Å². The molecule has 3 aliphatic carbocycles. The van der Waals surface area contributed by atoms with E-state index in [1.165, 1.54) is 12.1 Å². The molecule has 6 rings (SSSR count). The molecule has 1 aromatic carbocycles. The third-order valence-electron chi connectivity index (χ3n) is 5.99. The van der Waals surface area contributed by atoms with Gasteiger partial charge in [0.1, 0.15) is 23.9 Å². The molecule has 2 bridgehead atoms. The first-order chi connectivity index (χ1) is 14.7. The molecule has 0 radical (unpaired) electrons. The minimum absolute atomic E-state index is 0.00334. The van der Waals surface area contributed by atoms with Gasteiger partial charge in [0.05, 0.1) is 10.5 Å². The Morgan fingerprint density at radius 2 is 1.97 bits per heavy atom. The van der Waals surface area contributed by atoms with Crippen molar-refractivity contribution in [1.82, 2.24) is 20.3 Å². The number of pyridine rings is 1. The second-order valence-corrected chi connectivity index (χ2v) is 8.92. The number of nitrogens with zero attached hydrogens (tertiary/aromatic N) is 1. The maximum Gasteiger partial charge on any atom is 0.325 e. The van der Waals surface area contributed by atoms with Crippen LogP contribution in [0.2, 0.25) is 5.02 Å². The maximum atomic E-state index is 13.4. The van der Waals surface area contributed by atoms with E-state index in [0.717, 1.165) is 25.3 Å². The molecule has 3 N–H and O–H groups in total. The number of carbonyl (C=O) groups excluding carboxylic acids is 2. The Kier molecular flexibility index (Phi) is 4.40. The van der Waals surface area contributed by atoms with Crippen LogP contribution in [0.3, 0.4) is 0 Å². The molecular formula is C21H18ClFN4O4. The number of amides is 1. The summed E-state index contributed by atoms with van der Waals surface area (Å²) in [5.41, 5.74) is 0.297. The van der Waals surface area contributed by atoms with E-state index in [0.29, 0.717) is 17.6 Å². The maximum absolute atomic E-state index is 13.4. The molecule has 8 nitrogen and oxygen atoms in total. The molecule has 10 heteroatoms. The normalized spacial score (nSPS) is 23.7. The molecule has 1 amide bonds. The van der Waals surface area contributed by atoms with Crippen molar-refractivity contribution < 1.29 is 18.7 Å². The quantitative estimate of drug-likeness (QED) is 0.518. The third kappa shape index (κ3) is 3.59. The van der Waals surface area contributed by atoms with Crippen molar-refractivity contribution in [2.75, 3.05) is 6.61 Å². The molecule has 0 aliphatic heterocycles. The third-order valence-corrected chi connectivity index (χ3v) is 6.30. The van der Waals surface area contributed by atoms with Crippen LogP contribution in [0.5, 0.6) is 5.75 Å². The highest BCUT2D eigenvalue weighted by atomic mass is 35.5. The van der Waals surface area contributed by atoms with Gasteiger partial charge in [-0.25, -0.2) is 14.2 Å². The summed E-state index contributed by atoms with van der Waals surface area (Å²) >= 11 is 5.63. The summed E-state index contributed by atoms with van der Waals surface area (Å²) in [6.45, 7) is -0.138. The van der Waals surface area contributed by atoms with Crippen LogP contribution in [-0.4, -0.2) is 38.8 Å². The summed E-state index contributed by atoms with van der Waals surface area (Å²) in [7, 11) is 0. The Hall–Kier alpha value is -3.20. The summed E-state index contributed by atoms with van der Waals surface area (Å²) in [6, 6.07) is 7.23. The molecule has 3 saturated carbocycles. The highest BCUT2D eigenvalue weighted by Crippen LogP contribution is 2.69. The fraction of sp³-hybridized carbons (Fsp3) is 0.333. The zero-order valence-electron chi connectivity index (χ0n) is 16.3. The van der Waals surface area contributed by atoms with Crippen LogP contribution in [0, 0.1) is 11.2 Å². The van der Waals surface area contributed by atoms with Gasteiger partial charge in [-0.3, -0.25) is 14.6 Å². The zero-order chi connectivity index (χ0) is 21.8. The molecule has 3 aromatic rings. The lowest BCUT2D eigenvalue weighted by Gasteiger charge is -2.70. The number of ketones is 1. The fourth-order valence-corrected chi connectivity index (χ4v) is 4.98. The number of aromatic amines is 2. The number of benzene rings is 1. The SMILES string of the molecule is O=C(COc1ccc(Cl)c(F)c1)CC12CC(NC(=O)c3ccc4[nH]c(=O)[nH]c4n3)(C1)C2. The molecule has 0 saturated heterocycles. The van der Waals surface area contributed by atoms with Gasteiger partial charge in [0, 0.05) is 18.0 Å². The molecule has 3 fully saturated rings. The number of ether oxygens (including phenoxy) is 1. The first kappa shape index (κ1) is 19.7. The molecule has 0 atom stereocenters. The van der Waals surface area contributed by atoms with Gasteiger partial charge in [0.25, 0.3) is 5.91 Å². The van der Waals surface area contributed by atoms with Gasteiger partial charge in [0.2, 0.25) is 0 Å². The van der Waals surface area contributed by atoms with Crippen LogP contribution in [0.4, 0.5) is 4.39 Å². The van der Waals surface area contributed by atoms with E-state index in [-0.39, 0.29) is 51.4 Å². The smallest absolute Gasteiger partial charge is 0.325 e. The number of aromatic nitrogens is 3. The van der Waals surface area contributed by atoms with E-state index >= 15 is 0 Å². The van der Waals surface area contributed by atoms with Gasteiger partial charge in [-0.15, -0.1) is 0 Å². The predicted octanol–water partition coefficient (Wildman–Crippen LogP) is 2.73. The summed E-state index contributed by atoms with van der Waals surface area (Å²) in [5, 5.41) is 3.01. The first-order valence-corrected chi connectivity index (χ1v) is 10.1. The van der Waals surface area contributed by atoms with Gasteiger partial charge in [-0.05, 0) is 48.9 Å². The molecule has 0 spiro atoms. The van der Waals surface area contributed by atoms with Crippen molar-refractivity contribution in [3.05, 3.63) is 57.3 Å². The fourth-order valence-electron chi connectivity index (χ4n) is 4.87. The number of Topliss-reactive ketones (excluding diaryl/α,β-unsaturated/α-hetero) is 1. The minimum atomic E-state index is -0.597. The zero-order valence-corrected chi connectivity index (χ0v) is 17.0. The number of imidazole rings is 1. The van der Waals surface area contributed by atoms with E-state index in [1.807, 2.05) is 0 Å². The van der Waals surface area contributed by atoms with Crippen molar-refractivity contribution in [1.29, 1.82) is 0 Å². The van der Waals surface area contributed by atoms with Crippen molar-refractivity contribution in [2.45, 2.75) is 31.2 Å². The highest BCUT2D eigenvalue weighted by Gasteiger charge is 2.68. The van der Waals surface area contributed by atoms with E-state index in [2.05, 4.69) is 20.3 Å². The van der Waals surface area contributed by atoms with Crippen LogP contribution in [0.1, 0.15) is 36.2 Å². The largest absolute Gasteiger partial charge is 0.486 e. The highest BCUT2D eigenvalue weighted by molar-refractivity contribution is 6.30. The number of rotatable bonds is 7. The number of nitrogens with one attached hydrogen (secondary N) is 3. The predicted molar refractivity (Wildman–Crippen MR) is 110 cm³/mol. The molecular weight excluding hydrogens is 427 g/mol. The van der Waals surface area contributed by atoms with Gasteiger partial charge in [-0.2, -0.15) is 0 Å². The lowest BCUT2D eigenvalue weighted by Crippen LogP contribution is -2.75. The van der Waals surface area contributed by atoms with Gasteiger partial charge >= 0.3 is 5.69 Å². The lowest BCUT2D eigenvalue weighted by atomic mass is 9.38.